The van der Waals surface area contributed by atoms with Crippen LogP contribution in [0.15, 0.2) is 18.6 Å². The molecule has 2 aromatic heterocycles. The first-order valence-corrected chi connectivity index (χ1v) is 4.82. The van der Waals surface area contributed by atoms with Gasteiger partial charge in [0, 0.05) is 25.4 Å². The van der Waals surface area contributed by atoms with E-state index in [1.807, 2.05) is 17.7 Å². The number of hydrogen-bond donors (Lipinski definition) is 2. The van der Waals surface area contributed by atoms with Gasteiger partial charge in [-0.15, -0.1) is 0 Å². The number of aliphatic hydroxyl groups excluding tert-OH is 1. The second-order valence-corrected chi connectivity index (χ2v) is 3.54. The topological polar surface area (TPSA) is 63.0 Å². The van der Waals surface area contributed by atoms with Gasteiger partial charge < -0.3 is 15.0 Å². The zero-order valence-corrected chi connectivity index (χ0v) is 8.81. The third kappa shape index (κ3) is 1.84. The Kier molecular flexibility index (Phi) is 2.66. The number of imidazole rings is 1. The number of aromatic nitrogens is 3. The maximum atomic E-state index is 9.75. The summed E-state index contributed by atoms with van der Waals surface area (Å²) >= 11 is 0. The molecule has 2 heterocycles. The second kappa shape index (κ2) is 3.96. The van der Waals surface area contributed by atoms with Crippen molar-refractivity contribution in [2.24, 2.45) is 7.05 Å². The molecule has 0 saturated carbocycles. The minimum absolute atomic E-state index is 0.514. The molecule has 2 aromatic rings. The van der Waals surface area contributed by atoms with Crippen molar-refractivity contribution in [2.75, 3.05) is 13.6 Å². The molecule has 1 atom stereocenters. The summed E-state index contributed by atoms with van der Waals surface area (Å²) in [6, 6.07) is 1.87. The molecular formula is C10H14N4O. The average Bonchev–Trinajstić information content (AvgIpc) is 2.60. The van der Waals surface area contributed by atoms with Crippen molar-refractivity contribution >= 4 is 11.2 Å². The smallest absolute Gasteiger partial charge is 0.159 e. The predicted molar refractivity (Wildman–Crippen MR) is 57.4 cm³/mol. The molecule has 0 aliphatic heterocycles. The van der Waals surface area contributed by atoms with Crippen LogP contribution in [0.3, 0.4) is 0 Å². The van der Waals surface area contributed by atoms with Crippen LogP contribution in [-0.2, 0) is 7.05 Å². The third-order valence-corrected chi connectivity index (χ3v) is 2.35. The summed E-state index contributed by atoms with van der Waals surface area (Å²) in [4.78, 5) is 8.45. The number of aryl methyl sites for hydroxylation is 1. The normalized spacial score (nSPS) is 13.3. The van der Waals surface area contributed by atoms with Crippen molar-refractivity contribution in [3.63, 3.8) is 0 Å². The van der Waals surface area contributed by atoms with Crippen molar-refractivity contribution in [1.82, 2.24) is 19.9 Å². The Labute approximate surface area is 87.8 Å². The number of likely N-dealkylation sites (N-methyl/N-ethyl adjacent to an activating group) is 1. The molecule has 1 unspecified atom stereocenters. The molecule has 0 radical (unpaired) electrons. The van der Waals surface area contributed by atoms with E-state index in [1.54, 1.807) is 19.6 Å². The van der Waals surface area contributed by atoms with Crippen molar-refractivity contribution < 1.29 is 5.11 Å². The van der Waals surface area contributed by atoms with E-state index in [4.69, 9.17) is 0 Å². The number of aliphatic hydroxyl groups is 1. The lowest BCUT2D eigenvalue weighted by Crippen LogP contribution is -2.16. The van der Waals surface area contributed by atoms with Crippen LogP contribution in [0.4, 0.5) is 0 Å². The highest BCUT2D eigenvalue weighted by Crippen LogP contribution is 2.16. The third-order valence-electron chi connectivity index (χ3n) is 2.35. The summed E-state index contributed by atoms with van der Waals surface area (Å²) in [5.41, 5.74) is 2.43. The van der Waals surface area contributed by atoms with E-state index in [2.05, 4.69) is 15.3 Å². The second-order valence-electron chi connectivity index (χ2n) is 3.54. The zero-order chi connectivity index (χ0) is 10.8. The molecule has 5 heteroatoms. The van der Waals surface area contributed by atoms with Gasteiger partial charge in [0.05, 0.1) is 12.4 Å². The first-order chi connectivity index (χ1) is 7.22. The van der Waals surface area contributed by atoms with Crippen molar-refractivity contribution in [1.29, 1.82) is 0 Å². The molecule has 2 N–H and O–H groups in total. The number of hydrogen-bond acceptors (Lipinski definition) is 4. The predicted octanol–water partition coefficient (Wildman–Crippen LogP) is 0.221. The van der Waals surface area contributed by atoms with Gasteiger partial charge in [-0.2, -0.15) is 0 Å². The summed E-state index contributed by atoms with van der Waals surface area (Å²) in [5.74, 6) is 0. The summed E-state index contributed by atoms with van der Waals surface area (Å²) < 4.78 is 1.85. The maximum absolute atomic E-state index is 9.75. The van der Waals surface area contributed by atoms with Crippen LogP contribution in [0.25, 0.3) is 11.2 Å². The van der Waals surface area contributed by atoms with Crippen molar-refractivity contribution in [3.05, 3.63) is 24.2 Å². The Morgan fingerprint density at radius 2 is 2.33 bits per heavy atom. The van der Waals surface area contributed by atoms with E-state index in [1.165, 1.54) is 0 Å². The summed E-state index contributed by atoms with van der Waals surface area (Å²) in [6.45, 7) is 0.514. The van der Waals surface area contributed by atoms with E-state index < -0.39 is 6.10 Å². The molecule has 0 aromatic carbocycles. The molecule has 0 spiro atoms. The minimum atomic E-state index is -0.533. The van der Waals surface area contributed by atoms with E-state index in [0.717, 1.165) is 16.7 Å². The number of fused-ring (bicyclic) bond motifs is 1. The number of nitrogens with one attached hydrogen (secondary N) is 1. The fraction of sp³-hybridized carbons (Fsp3) is 0.400. The largest absolute Gasteiger partial charge is 0.387 e. The summed E-state index contributed by atoms with van der Waals surface area (Å²) in [5, 5.41) is 12.7. The number of rotatable bonds is 3. The SMILES string of the molecule is CNCC(O)c1cnc2c(c1)ncn2C. The molecule has 0 saturated heterocycles. The van der Waals surface area contributed by atoms with Gasteiger partial charge in [0.2, 0.25) is 0 Å². The fourth-order valence-corrected chi connectivity index (χ4v) is 1.53. The van der Waals surface area contributed by atoms with E-state index >= 15 is 0 Å². The first-order valence-electron chi connectivity index (χ1n) is 4.82. The van der Waals surface area contributed by atoms with Crippen LogP contribution in [0.2, 0.25) is 0 Å². The van der Waals surface area contributed by atoms with Crippen LogP contribution in [0.1, 0.15) is 11.7 Å². The molecule has 0 bridgehead atoms. The van der Waals surface area contributed by atoms with Gasteiger partial charge in [-0.3, -0.25) is 0 Å². The van der Waals surface area contributed by atoms with E-state index in [-0.39, 0.29) is 0 Å². The summed E-state index contributed by atoms with van der Waals surface area (Å²) in [6.07, 6.45) is 2.87. The van der Waals surface area contributed by atoms with Crippen LogP contribution < -0.4 is 5.32 Å². The zero-order valence-electron chi connectivity index (χ0n) is 8.81. The monoisotopic (exact) mass is 206 g/mol. The molecule has 0 fully saturated rings. The van der Waals surface area contributed by atoms with Gasteiger partial charge in [0.25, 0.3) is 0 Å². The fourth-order valence-electron chi connectivity index (χ4n) is 1.53. The van der Waals surface area contributed by atoms with Gasteiger partial charge in [-0.1, -0.05) is 0 Å². The Balaban J connectivity index is 2.38. The van der Waals surface area contributed by atoms with Gasteiger partial charge in [0.15, 0.2) is 5.65 Å². The number of nitrogens with zero attached hydrogens (tertiary/aromatic N) is 3. The molecule has 0 amide bonds. The molecule has 15 heavy (non-hydrogen) atoms. The standard InChI is InChI=1S/C10H14N4O/c1-11-5-9(15)7-3-8-10(12-4-7)14(2)6-13-8/h3-4,6,9,11,15H,5H2,1-2H3. The Morgan fingerprint density at radius 1 is 1.53 bits per heavy atom. The molecule has 5 nitrogen and oxygen atoms in total. The highest BCUT2D eigenvalue weighted by atomic mass is 16.3. The van der Waals surface area contributed by atoms with Crippen LogP contribution in [-0.4, -0.2) is 33.2 Å². The lowest BCUT2D eigenvalue weighted by atomic mass is 10.1. The number of pyridine rings is 1. The van der Waals surface area contributed by atoms with E-state index in [9.17, 15) is 5.11 Å². The lowest BCUT2D eigenvalue weighted by molar-refractivity contribution is 0.177. The molecular weight excluding hydrogens is 192 g/mol. The first kappa shape index (κ1) is 10.1. The Hall–Kier alpha value is -1.46. The average molecular weight is 206 g/mol. The maximum Gasteiger partial charge on any atom is 0.159 e. The highest BCUT2D eigenvalue weighted by molar-refractivity contribution is 5.71. The molecule has 0 aliphatic carbocycles. The molecule has 0 aliphatic rings. The van der Waals surface area contributed by atoms with Gasteiger partial charge in [-0.05, 0) is 13.1 Å². The minimum Gasteiger partial charge on any atom is -0.387 e. The van der Waals surface area contributed by atoms with Crippen LogP contribution in [0.5, 0.6) is 0 Å². The Bertz CT molecular complexity index is 465. The van der Waals surface area contributed by atoms with E-state index in [0.29, 0.717) is 6.54 Å². The van der Waals surface area contributed by atoms with Crippen LogP contribution in [0, 0.1) is 0 Å². The van der Waals surface area contributed by atoms with Gasteiger partial charge in [-0.25, -0.2) is 9.97 Å². The molecule has 2 rings (SSSR count). The van der Waals surface area contributed by atoms with Crippen LogP contribution >= 0.6 is 0 Å². The van der Waals surface area contributed by atoms with Crippen molar-refractivity contribution in [2.45, 2.75) is 6.10 Å². The quantitative estimate of drug-likeness (QED) is 0.754. The van der Waals surface area contributed by atoms with Gasteiger partial charge >= 0.3 is 0 Å². The molecule has 80 valence electrons. The summed E-state index contributed by atoms with van der Waals surface area (Å²) in [7, 11) is 3.70. The lowest BCUT2D eigenvalue weighted by Gasteiger charge is -2.09. The van der Waals surface area contributed by atoms with Gasteiger partial charge in [0.1, 0.15) is 5.52 Å². The highest BCUT2D eigenvalue weighted by Gasteiger charge is 2.09. The van der Waals surface area contributed by atoms with Crippen molar-refractivity contribution in [3.8, 4) is 0 Å². The Morgan fingerprint density at radius 3 is 3.07 bits per heavy atom.